The lowest BCUT2D eigenvalue weighted by atomic mass is 9.64. The van der Waals surface area contributed by atoms with Crippen molar-refractivity contribution in [2.45, 2.75) is 64.3 Å². The Kier molecular flexibility index (Phi) is 5.25. The van der Waals surface area contributed by atoms with Gasteiger partial charge in [-0.25, -0.2) is 0 Å². The third kappa shape index (κ3) is 3.23. The molecule has 0 unspecified atom stereocenters. The number of β-lactam (4-membered cyclic amide) rings is 1. The van der Waals surface area contributed by atoms with E-state index in [0.29, 0.717) is 6.54 Å². The number of nitrogens with two attached hydrogens (primary N) is 1. The number of aliphatic hydroxyl groups excluding tert-OH is 1. The summed E-state index contributed by atoms with van der Waals surface area (Å²) in [6, 6.07) is -0.842. The number of rotatable bonds is 7. The standard InChI is InChI=1S/C16H28N2O3/c1-2-3-4-5-12-6-8-16(9-7-12)11-18(15(16)21)13(10-19)14(17)20/h12-13,19H,2-11H2,1H3,(H2,17,20)/t12?,13-,16?/m0/s1. The Bertz CT molecular complexity index is 389. The summed E-state index contributed by atoms with van der Waals surface area (Å²) in [5.41, 5.74) is 4.98. The van der Waals surface area contributed by atoms with E-state index < -0.39 is 11.9 Å². The minimum absolute atomic E-state index is 0.0207. The molecule has 5 nitrogen and oxygen atoms in total. The summed E-state index contributed by atoms with van der Waals surface area (Å²) in [7, 11) is 0. The van der Waals surface area contributed by atoms with Gasteiger partial charge in [-0.1, -0.05) is 32.6 Å². The van der Waals surface area contributed by atoms with E-state index >= 15 is 0 Å². The average Bonchev–Trinajstić information content (AvgIpc) is 2.48. The van der Waals surface area contributed by atoms with Crippen LogP contribution in [-0.2, 0) is 9.59 Å². The molecule has 3 N–H and O–H groups in total. The van der Waals surface area contributed by atoms with E-state index in [2.05, 4.69) is 6.92 Å². The van der Waals surface area contributed by atoms with Gasteiger partial charge in [-0.15, -0.1) is 0 Å². The molecule has 2 aliphatic rings. The van der Waals surface area contributed by atoms with Crippen LogP contribution >= 0.6 is 0 Å². The highest BCUT2D eigenvalue weighted by Gasteiger charge is 2.55. The van der Waals surface area contributed by atoms with Gasteiger partial charge in [-0.3, -0.25) is 9.59 Å². The van der Waals surface area contributed by atoms with Crippen molar-refractivity contribution in [3.05, 3.63) is 0 Å². The molecule has 120 valence electrons. The maximum absolute atomic E-state index is 12.4. The molecular formula is C16H28N2O3. The average molecular weight is 296 g/mol. The van der Waals surface area contributed by atoms with Crippen LogP contribution in [0.15, 0.2) is 0 Å². The molecule has 2 amide bonds. The third-order valence-corrected chi connectivity index (χ3v) is 5.34. The second-order valence-electron chi connectivity index (χ2n) is 6.75. The molecule has 1 saturated heterocycles. The molecule has 5 heteroatoms. The first kappa shape index (κ1) is 16.3. The Morgan fingerprint density at radius 3 is 2.57 bits per heavy atom. The molecule has 1 saturated carbocycles. The van der Waals surface area contributed by atoms with Crippen LogP contribution in [0.2, 0.25) is 0 Å². The number of carbonyl (C=O) groups is 2. The SMILES string of the molecule is CCCCCC1CCC2(CC1)CN([C@@H](CO)C(N)=O)C2=O. The first-order valence-electron chi connectivity index (χ1n) is 8.25. The molecule has 0 aromatic rings. The van der Waals surface area contributed by atoms with E-state index in [4.69, 9.17) is 5.73 Å². The molecular weight excluding hydrogens is 268 g/mol. The Balaban J connectivity index is 1.82. The fraction of sp³-hybridized carbons (Fsp3) is 0.875. The van der Waals surface area contributed by atoms with E-state index in [-0.39, 0.29) is 17.9 Å². The van der Waals surface area contributed by atoms with Gasteiger partial charge < -0.3 is 15.7 Å². The van der Waals surface area contributed by atoms with Crippen LogP contribution in [0.3, 0.4) is 0 Å². The van der Waals surface area contributed by atoms with Crippen molar-refractivity contribution in [3.8, 4) is 0 Å². The van der Waals surface area contributed by atoms with Crippen LogP contribution in [0.4, 0.5) is 0 Å². The fourth-order valence-corrected chi connectivity index (χ4v) is 3.85. The van der Waals surface area contributed by atoms with Crippen molar-refractivity contribution in [1.29, 1.82) is 0 Å². The van der Waals surface area contributed by atoms with E-state index in [0.717, 1.165) is 31.6 Å². The predicted molar refractivity (Wildman–Crippen MR) is 80.3 cm³/mol. The van der Waals surface area contributed by atoms with Gasteiger partial charge in [-0.05, 0) is 31.6 Å². The number of aliphatic hydroxyl groups is 1. The van der Waals surface area contributed by atoms with Crippen molar-refractivity contribution in [2.75, 3.05) is 13.2 Å². The third-order valence-electron chi connectivity index (χ3n) is 5.34. The first-order chi connectivity index (χ1) is 10.0. The van der Waals surface area contributed by atoms with Gasteiger partial charge in [-0.2, -0.15) is 0 Å². The topological polar surface area (TPSA) is 83.6 Å². The monoisotopic (exact) mass is 296 g/mol. The van der Waals surface area contributed by atoms with Crippen molar-refractivity contribution in [3.63, 3.8) is 0 Å². The lowest BCUT2D eigenvalue weighted by Gasteiger charge is -2.53. The minimum atomic E-state index is -0.842. The van der Waals surface area contributed by atoms with Crippen molar-refractivity contribution in [1.82, 2.24) is 4.90 Å². The van der Waals surface area contributed by atoms with E-state index in [1.807, 2.05) is 0 Å². The van der Waals surface area contributed by atoms with Crippen molar-refractivity contribution >= 4 is 11.8 Å². The lowest BCUT2D eigenvalue weighted by molar-refractivity contribution is -0.173. The molecule has 0 bridgehead atoms. The number of hydrogen-bond acceptors (Lipinski definition) is 3. The van der Waals surface area contributed by atoms with E-state index in [9.17, 15) is 14.7 Å². The van der Waals surface area contributed by atoms with Crippen LogP contribution in [0.1, 0.15) is 58.3 Å². The molecule has 1 heterocycles. The van der Waals surface area contributed by atoms with E-state index in [1.54, 1.807) is 0 Å². The molecule has 1 spiro atoms. The van der Waals surface area contributed by atoms with Gasteiger partial charge >= 0.3 is 0 Å². The highest BCUT2D eigenvalue weighted by Crippen LogP contribution is 2.48. The lowest BCUT2D eigenvalue weighted by Crippen LogP contribution is -2.68. The van der Waals surface area contributed by atoms with Gasteiger partial charge in [0.15, 0.2) is 0 Å². The molecule has 1 aliphatic carbocycles. The molecule has 1 atom stereocenters. The van der Waals surface area contributed by atoms with E-state index in [1.165, 1.54) is 30.6 Å². The van der Waals surface area contributed by atoms with Crippen LogP contribution in [-0.4, -0.2) is 41.0 Å². The number of primary amides is 1. The zero-order valence-corrected chi connectivity index (χ0v) is 13.0. The van der Waals surface area contributed by atoms with Crippen LogP contribution < -0.4 is 5.73 Å². The largest absolute Gasteiger partial charge is 0.394 e. The summed E-state index contributed by atoms with van der Waals surface area (Å²) >= 11 is 0. The molecule has 0 radical (unpaired) electrons. The zero-order valence-electron chi connectivity index (χ0n) is 13.0. The number of carbonyl (C=O) groups excluding carboxylic acids is 2. The summed E-state index contributed by atoms with van der Waals surface area (Å²) in [5, 5.41) is 9.20. The Labute approximate surface area is 126 Å². The van der Waals surface area contributed by atoms with Crippen LogP contribution in [0, 0.1) is 11.3 Å². The quantitative estimate of drug-likeness (QED) is 0.550. The predicted octanol–water partition coefficient (Wildman–Crippen LogP) is 1.43. The van der Waals surface area contributed by atoms with Crippen LogP contribution in [0.5, 0.6) is 0 Å². The molecule has 0 aromatic heterocycles. The first-order valence-corrected chi connectivity index (χ1v) is 8.25. The fourth-order valence-electron chi connectivity index (χ4n) is 3.85. The van der Waals surface area contributed by atoms with Gasteiger partial charge in [0.25, 0.3) is 0 Å². The van der Waals surface area contributed by atoms with Gasteiger partial charge in [0, 0.05) is 6.54 Å². The second kappa shape index (κ2) is 6.77. The number of hydrogen-bond donors (Lipinski definition) is 2. The van der Waals surface area contributed by atoms with Gasteiger partial charge in [0.1, 0.15) is 6.04 Å². The number of likely N-dealkylation sites (tertiary alicyclic amines) is 1. The minimum Gasteiger partial charge on any atom is -0.394 e. The maximum Gasteiger partial charge on any atom is 0.242 e. The summed E-state index contributed by atoms with van der Waals surface area (Å²) < 4.78 is 0. The molecule has 1 aliphatic heterocycles. The van der Waals surface area contributed by atoms with Gasteiger partial charge in [0.2, 0.25) is 11.8 Å². The number of amides is 2. The number of unbranched alkanes of at least 4 members (excludes halogenated alkanes) is 2. The van der Waals surface area contributed by atoms with Crippen LogP contribution in [0.25, 0.3) is 0 Å². The maximum atomic E-state index is 12.4. The highest BCUT2D eigenvalue weighted by atomic mass is 16.3. The van der Waals surface area contributed by atoms with Gasteiger partial charge in [0.05, 0.1) is 12.0 Å². The normalized spacial score (nSPS) is 30.3. The van der Waals surface area contributed by atoms with Crippen molar-refractivity contribution < 1.29 is 14.7 Å². The Morgan fingerprint density at radius 2 is 2.10 bits per heavy atom. The zero-order chi connectivity index (χ0) is 15.5. The summed E-state index contributed by atoms with van der Waals surface area (Å²) in [6.45, 7) is 2.42. The van der Waals surface area contributed by atoms with Crippen molar-refractivity contribution in [2.24, 2.45) is 17.1 Å². The number of nitrogens with zero attached hydrogens (tertiary/aromatic N) is 1. The molecule has 2 fully saturated rings. The highest BCUT2D eigenvalue weighted by molar-refractivity contribution is 5.94. The summed E-state index contributed by atoms with van der Waals surface area (Å²) in [6.07, 6.45) is 9.20. The Hall–Kier alpha value is -1.10. The summed E-state index contributed by atoms with van der Waals surface area (Å²) in [5.74, 6) is 0.162. The molecule has 2 rings (SSSR count). The molecule has 21 heavy (non-hydrogen) atoms. The summed E-state index contributed by atoms with van der Waals surface area (Å²) in [4.78, 5) is 25.1. The molecule has 0 aromatic carbocycles. The smallest absolute Gasteiger partial charge is 0.242 e. The Morgan fingerprint density at radius 1 is 1.43 bits per heavy atom. The second-order valence-corrected chi connectivity index (χ2v) is 6.75.